The molecule has 1 unspecified atom stereocenters. The van der Waals surface area contributed by atoms with Gasteiger partial charge in [-0.3, -0.25) is 4.90 Å². The van der Waals surface area contributed by atoms with Crippen LogP contribution in [-0.4, -0.2) is 79.7 Å². The number of ether oxygens (including phenoxy) is 3. The van der Waals surface area contributed by atoms with Crippen LogP contribution in [0.1, 0.15) is 33.3 Å². The summed E-state index contributed by atoms with van der Waals surface area (Å²) in [4.78, 5) is 4.49. The predicted molar refractivity (Wildman–Crippen MR) is 108 cm³/mol. The number of rotatable bonds is 9. The van der Waals surface area contributed by atoms with Gasteiger partial charge < -0.3 is 24.2 Å². The highest BCUT2D eigenvalue weighted by atomic mass is 16.5. The fourth-order valence-electron chi connectivity index (χ4n) is 3.22. The molecule has 0 saturated carbocycles. The number of aliphatic hydroxyl groups excluding tert-OH is 1. The fraction of sp³-hybridized carbons (Fsp3) is 0.714. The fourth-order valence-corrected chi connectivity index (χ4v) is 3.22. The maximum absolute atomic E-state index is 10.3. The van der Waals surface area contributed by atoms with E-state index in [1.807, 2.05) is 19.2 Å². The SMILES string of the molecule is COc1ccc(CN2CCOC(C)(C)C2)cc1OCC(O)CN(C)C(C)C. The van der Waals surface area contributed by atoms with E-state index >= 15 is 0 Å². The maximum Gasteiger partial charge on any atom is 0.161 e. The summed E-state index contributed by atoms with van der Waals surface area (Å²) < 4.78 is 17.1. The lowest BCUT2D eigenvalue weighted by Crippen LogP contribution is -2.47. The van der Waals surface area contributed by atoms with Gasteiger partial charge in [0.2, 0.25) is 0 Å². The molecule has 1 aliphatic rings. The molecule has 1 aliphatic heterocycles. The summed E-state index contributed by atoms with van der Waals surface area (Å²) in [7, 11) is 3.63. The molecule has 0 spiro atoms. The lowest BCUT2D eigenvalue weighted by atomic mass is 10.1. The van der Waals surface area contributed by atoms with Crippen molar-refractivity contribution < 1.29 is 19.3 Å². The number of nitrogens with zero attached hydrogens (tertiary/aromatic N) is 2. The molecule has 0 amide bonds. The van der Waals surface area contributed by atoms with Crippen LogP contribution in [0.25, 0.3) is 0 Å². The Hall–Kier alpha value is -1.34. The number of benzene rings is 1. The first-order chi connectivity index (χ1) is 12.7. The van der Waals surface area contributed by atoms with Gasteiger partial charge in [0.15, 0.2) is 11.5 Å². The Morgan fingerprint density at radius 1 is 1.30 bits per heavy atom. The molecule has 154 valence electrons. The molecule has 27 heavy (non-hydrogen) atoms. The molecule has 0 aromatic heterocycles. The average molecular weight is 381 g/mol. The number of hydrogen-bond donors (Lipinski definition) is 1. The lowest BCUT2D eigenvalue weighted by molar-refractivity contribution is -0.0882. The van der Waals surface area contributed by atoms with E-state index in [0.29, 0.717) is 24.1 Å². The Morgan fingerprint density at radius 2 is 2.04 bits per heavy atom. The monoisotopic (exact) mass is 380 g/mol. The van der Waals surface area contributed by atoms with Gasteiger partial charge in [-0.05, 0) is 52.4 Å². The number of aliphatic hydroxyl groups is 1. The van der Waals surface area contributed by atoms with Gasteiger partial charge in [0, 0.05) is 32.2 Å². The van der Waals surface area contributed by atoms with E-state index in [9.17, 15) is 5.11 Å². The Balaban J connectivity index is 1.98. The van der Waals surface area contributed by atoms with Crippen molar-refractivity contribution in [1.82, 2.24) is 9.80 Å². The van der Waals surface area contributed by atoms with E-state index in [2.05, 4.69) is 43.6 Å². The second-order valence-electron chi connectivity index (χ2n) is 8.30. The van der Waals surface area contributed by atoms with Gasteiger partial charge in [-0.2, -0.15) is 0 Å². The van der Waals surface area contributed by atoms with Gasteiger partial charge in [-0.25, -0.2) is 0 Å². The van der Waals surface area contributed by atoms with E-state index in [1.165, 1.54) is 0 Å². The van der Waals surface area contributed by atoms with Crippen molar-refractivity contribution in [3.05, 3.63) is 23.8 Å². The minimum atomic E-state index is -0.550. The predicted octanol–water partition coefficient (Wildman–Crippen LogP) is 2.39. The minimum Gasteiger partial charge on any atom is -0.493 e. The summed E-state index contributed by atoms with van der Waals surface area (Å²) in [6, 6.07) is 6.40. The van der Waals surface area contributed by atoms with E-state index in [4.69, 9.17) is 14.2 Å². The van der Waals surface area contributed by atoms with Crippen molar-refractivity contribution in [3.63, 3.8) is 0 Å². The highest BCUT2D eigenvalue weighted by Crippen LogP contribution is 2.29. The summed E-state index contributed by atoms with van der Waals surface area (Å²) in [5.74, 6) is 1.36. The van der Waals surface area contributed by atoms with E-state index < -0.39 is 6.10 Å². The van der Waals surface area contributed by atoms with E-state index in [0.717, 1.165) is 31.8 Å². The van der Waals surface area contributed by atoms with Crippen LogP contribution in [0.4, 0.5) is 0 Å². The number of likely N-dealkylation sites (N-methyl/N-ethyl adjacent to an activating group) is 1. The highest BCUT2D eigenvalue weighted by molar-refractivity contribution is 5.43. The molecule has 1 aromatic carbocycles. The zero-order valence-electron chi connectivity index (χ0n) is 17.7. The van der Waals surface area contributed by atoms with Gasteiger partial charge in [-0.15, -0.1) is 0 Å². The van der Waals surface area contributed by atoms with Crippen LogP contribution in [0.2, 0.25) is 0 Å². The zero-order chi connectivity index (χ0) is 20.0. The quantitative estimate of drug-likeness (QED) is 0.710. The molecular weight excluding hydrogens is 344 g/mol. The second kappa shape index (κ2) is 9.73. The average Bonchev–Trinajstić information content (AvgIpc) is 2.59. The summed E-state index contributed by atoms with van der Waals surface area (Å²) in [5.41, 5.74) is 1.05. The van der Waals surface area contributed by atoms with Crippen molar-refractivity contribution in [1.29, 1.82) is 0 Å². The van der Waals surface area contributed by atoms with E-state index in [-0.39, 0.29) is 12.2 Å². The first-order valence-electron chi connectivity index (χ1n) is 9.74. The van der Waals surface area contributed by atoms with Crippen molar-refractivity contribution in [2.75, 3.05) is 47.0 Å². The third kappa shape index (κ3) is 6.96. The summed E-state index contributed by atoms with van der Waals surface area (Å²) in [6.45, 7) is 12.7. The Morgan fingerprint density at radius 3 is 2.67 bits per heavy atom. The van der Waals surface area contributed by atoms with Gasteiger partial charge >= 0.3 is 0 Å². The third-order valence-corrected chi connectivity index (χ3v) is 4.95. The largest absolute Gasteiger partial charge is 0.493 e. The summed E-state index contributed by atoms with van der Waals surface area (Å²) in [6.07, 6.45) is -0.550. The van der Waals surface area contributed by atoms with Crippen molar-refractivity contribution in [3.8, 4) is 11.5 Å². The molecule has 0 aliphatic carbocycles. The van der Waals surface area contributed by atoms with Gasteiger partial charge in [-0.1, -0.05) is 6.07 Å². The first-order valence-corrected chi connectivity index (χ1v) is 9.74. The zero-order valence-corrected chi connectivity index (χ0v) is 17.7. The Kier molecular flexibility index (Phi) is 7.91. The molecule has 0 bridgehead atoms. The second-order valence-corrected chi connectivity index (χ2v) is 8.30. The molecular formula is C21H36N2O4. The smallest absolute Gasteiger partial charge is 0.161 e. The summed E-state index contributed by atoms with van der Waals surface area (Å²) in [5, 5.41) is 10.3. The number of methoxy groups -OCH3 is 1. The first kappa shape index (κ1) is 22.0. The molecule has 1 fully saturated rings. The standard InChI is InChI=1S/C21H36N2O4/c1-16(2)22(5)13-18(24)14-26-20-11-17(7-8-19(20)25-6)12-23-9-10-27-21(3,4)15-23/h7-8,11,16,18,24H,9-10,12-15H2,1-6H3. The lowest BCUT2D eigenvalue weighted by Gasteiger charge is -2.38. The summed E-state index contributed by atoms with van der Waals surface area (Å²) >= 11 is 0. The maximum atomic E-state index is 10.3. The highest BCUT2D eigenvalue weighted by Gasteiger charge is 2.27. The minimum absolute atomic E-state index is 0.114. The third-order valence-electron chi connectivity index (χ3n) is 4.95. The van der Waals surface area contributed by atoms with Crippen LogP contribution in [0.15, 0.2) is 18.2 Å². The van der Waals surface area contributed by atoms with Crippen LogP contribution in [-0.2, 0) is 11.3 Å². The van der Waals surface area contributed by atoms with E-state index in [1.54, 1.807) is 7.11 Å². The van der Waals surface area contributed by atoms with Crippen molar-refractivity contribution in [2.45, 2.75) is 52.0 Å². The van der Waals surface area contributed by atoms with Gasteiger partial charge in [0.25, 0.3) is 0 Å². The van der Waals surface area contributed by atoms with Crippen LogP contribution < -0.4 is 9.47 Å². The number of morpholine rings is 1. The molecule has 1 heterocycles. The molecule has 0 radical (unpaired) electrons. The topological polar surface area (TPSA) is 54.4 Å². The molecule has 6 heteroatoms. The molecule has 1 saturated heterocycles. The van der Waals surface area contributed by atoms with Crippen LogP contribution in [0, 0.1) is 0 Å². The van der Waals surface area contributed by atoms with Gasteiger partial charge in [0.1, 0.15) is 12.7 Å². The normalized spacial score (nSPS) is 18.7. The molecule has 1 atom stereocenters. The number of hydrogen-bond acceptors (Lipinski definition) is 6. The van der Waals surface area contributed by atoms with Crippen LogP contribution >= 0.6 is 0 Å². The Labute approximate surface area is 164 Å². The molecule has 1 aromatic rings. The molecule has 2 rings (SSSR count). The molecule has 1 N–H and O–H groups in total. The van der Waals surface area contributed by atoms with Gasteiger partial charge in [0.05, 0.1) is 19.3 Å². The van der Waals surface area contributed by atoms with Crippen molar-refractivity contribution >= 4 is 0 Å². The van der Waals surface area contributed by atoms with Crippen LogP contribution in [0.3, 0.4) is 0 Å². The molecule has 6 nitrogen and oxygen atoms in total. The van der Waals surface area contributed by atoms with Crippen molar-refractivity contribution in [2.24, 2.45) is 0 Å². The van der Waals surface area contributed by atoms with Crippen LogP contribution in [0.5, 0.6) is 11.5 Å². The Bertz CT molecular complexity index is 592.